The Bertz CT molecular complexity index is 556. The summed E-state index contributed by atoms with van der Waals surface area (Å²) >= 11 is 5.10. The van der Waals surface area contributed by atoms with Gasteiger partial charge in [0.05, 0.1) is 3.79 Å². The number of hydrogen-bond acceptors (Lipinski definition) is 2. The molecule has 1 N–H and O–H groups in total. The van der Waals surface area contributed by atoms with Gasteiger partial charge in [0.25, 0.3) is 0 Å². The first-order chi connectivity index (χ1) is 9.08. The number of halogens is 3. The molecule has 5 heteroatoms. The monoisotopic (exact) mass is 345 g/mol. The Balaban J connectivity index is 2.06. The second kappa shape index (κ2) is 6.59. The first kappa shape index (κ1) is 14.6. The van der Waals surface area contributed by atoms with Crippen LogP contribution in [0.3, 0.4) is 0 Å². The molecule has 0 saturated carbocycles. The maximum Gasteiger partial charge on any atom is 0.129 e. The van der Waals surface area contributed by atoms with Crippen LogP contribution < -0.4 is 5.32 Å². The molecule has 0 fully saturated rings. The molecule has 0 aliphatic rings. The van der Waals surface area contributed by atoms with Crippen LogP contribution in [0.5, 0.6) is 0 Å². The lowest BCUT2D eigenvalue weighted by molar-refractivity contribution is 0.526. The fourth-order valence-electron chi connectivity index (χ4n) is 1.93. The molecule has 2 aromatic rings. The van der Waals surface area contributed by atoms with E-state index >= 15 is 0 Å². The first-order valence-electron chi connectivity index (χ1n) is 5.94. The van der Waals surface area contributed by atoms with Crippen LogP contribution >= 0.6 is 27.3 Å². The molecular formula is C14H14BrF2NS. The van der Waals surface area contributed by atoms with Crippen molar-refractivity contribution in [3.63, 3.8) is 0 Å². The Morgan fingerprint density at radius 2 is 2.00 bits per heavy atom. The highest BCUT2D eigenvalue weighted by Crippen LogP contribution is 2.24. The molecule has 1 aromatic heterocycles. The van der Waals surface area contributed by atoms with E-state index in [0.29, 0.717) is 12.0 Å². The molecule has 0 aliphatic heterocycles. The van der Waals surface area contributed by atoms with E-state index in [0.717, 1.165) is 16.3 Å². The number of benzene rings is 1. The predicted molar refractivity (Wildman–Crippen MR) is 78.6 cm³/mol. The van der Waals surface area contributed by atoms with Gasteiger partial charge in [0.15, 0.2) is 0 Å². The highest BCUT2D eigenvalue weighted by Gasteiger charge is 2.13. The normalized spacial score (nSPS) is 12.6. The number of likely N-dealkylation sites (N-methyl/N-ethyl adjacent to an activating group) is 1. The van der Waals surface area contributed by atoms with Gasteiger partial charge in [-0.05, 0) is 59.6 Å². The summed E-state index contributed by atoms with van der Waals surface area (Å²) in [4.78, 5) is 1.23. The second-order valence-electron chi connectivity index (χ2n) is 4.34. The Labute approximate surface area is 123 Å². The maximum atomic E-state index is 13.6. The van der Waals surface area contributed by atoms with Gasteiger partial charge in [-0.3, -0.25) is 0 Å². The van der Waals surface area contributed by atoms with Crippen molar-refractivity contribution in [3.05, 3.63) is 56.2 Å². The van der Waals surface area contributed by atoms with Crippen molar-refractivity contribution in [3.8, 4) is 0 Å². The first-order valence-corrected chi connectivity index (χ1v) is 7.55. The van der Waals surface area contributed by atoms with Gasteiger partial charge in [0.1, 0.15) is 11.6 Å². The molecule has 1 atom stereocenters. The summed E-state index contributed by atoms with van der Waals surface area (Å²) in [7, 11) is 1.86. The minimum Gasteiger partial charge on any atom is -0.316 e. The van der Waals surface area contributed by atoms with Crippen molar-refractivity contribution in [2.24, 2.45) is 0 Å². The van der Waals surface area contributed by atoms with E-state index in [4.69, 9.17) is 0 Å². The van der Waals surface area contributed by atoms with Crippen molar-refractivity contribution >= 4 is 27.3 Å². The largest absolute Gasteiger partial charge is 0.316 e. The zero-order chi connectivity index (χ0) is 13.8. The summed E-state index contributed by atoms with van der Waals surface area (Å²) in [5, 5.41) is 3.18. The van der Waals surface area contributed by atoms with Gasteiger partial charge in [-0.2, -0.15) is 0 Å². The lowest BCUT2D eigenvalue weighted by atomic mass is 10.0. The highest BCUT2D eigenvalue weighted by atomic mass is 79.9. The van der Waals surface area contributed by atoms with Crippen LogP contribution in [0.1, 0.15) is 10.4 Å². The van der Waals surface area contributed by atoms with Gasteiger partial charge in [-0.15, -0.1) is 11.3 Å². The van der Waals surface area contributed by atoms with Crippen molar-refractivity contribution in [2.45, 2.75) is 18.9 Å². The second-order valence-corrected chi connectivity index (χ2v) is 6.88. The topological polar surface area (TPSA) is 12.0 Å². The smallest absolute Gasteiger partial charge is 0.129 e. The fourth-order valence-corrected chi connectivity index (χ4v) is 3.50. The standard InChI is InChI=1S/C14H14BrF2NS/c1-18-11(8-12-4-5-14(15)19-12)6-9-2-3-10(16)7-13(9)17/h2-5,7,11,18H,6,8H2,1H3. The fraction of sp³-hybridized carbons (Fsp3) is 0.286. The van der Waals surface area contributed by atoms with Crippen molar-refractivity contribution < 1.29 is 8.78 Å². The third-order valence-corrected chi connectivity index (χ3v) is 4.61. The van der Waals surface area contributed by atoms with E-state index in [1.807, 2.05) is 13.1 Å². The zero-order valence-electron chi connectivity index (χ0n) is 10.4. The van der Waals surface area contributed by atoms with Gasteiger partial charge in [0, 0.05) is 17.0 Å². The number of rotatable bonds is 5. The Hall–Kier alpha value is -0.780. The quantitative estimate of drug-likeness (QED) is 0.857. The summed E-state index contributed by atoms with van der Waals surface area (Å²) in [6.45, 7) is 0. The minimum absolute atomic E-state index is 0.130. The molecule has 19 heavy (non-hydrogen) atoms. The third-order valence-electron chi connectivity index (χ3n) is 2.97. The third kappa shape index (κ3) is 4.09. The molecule has 2 rings (SSSR count). The highest BCUT2D eigenvalue weighted by molar-refractivity contribution is 9.11. The van der Waals surface area contributed by atoms with E-state index in [1.54, 1.807) is 11.3 Å². The van der Waals surface area contributed by atoms with Crippen LogP contribution in [0.15, 0.2) is 34.1 Å². The van der Waals surface area contributed by atoms with E-state index < -0.39 is 11.6 Å². The van der Waals surface area contributed by atoms with Gasteiger partial charge in [0.2, 0.25) is 0 Å². The van der Waals surface area contributed by atoms with E-state index in [1.165, 1.54) is 17.0 Å². The van der Waals surface area contributed by atoms with Crippen molar-refractivity contribution in [1.82, 2.24) is 5.32 Å². The zero-order valence-corrected chi connectivity index (χ0v) is 12.8. The molecule has 0 bridgehead atoms. The lowest BCUT2D eigenvalue weighted by Gasteiger charge is -2.15. The molecule has 0 spiro atoms. The molecule has 1 nitrogen and oxygen atoms in total. The molecule has 102 valence electrons. The SMILES string of the molecule is CNC(Cc1ccc(Br)s1)Cc1ccc(F)cc1F. The molecule has 0 radical (unpaired) electrons. The van der Waals surface area contributed by atoms with Crippen molar-refractivity contribution in [2.75, 3.05) is 7.05 Å². The van der Waals surface area contributed by atoms with E-state index in [-0.39, 0.29) is 6.04 Å². The molecule has 1 aromatic carbocycles. The average molecular weight is 346 g/mol. The van der Waals surface area contributed by atoms with Crippen LogP contribution in [-0.2, 0) is 12.8 Å². The lowest BCUT2D eigenvalue weighted by Crippen LogP contribution is -2.30. The van der Waals surface area contributed by atoms with E-state index in [9.17, 15) is 8.78 Å². The van der Waals surface area contributed by atoms with Crippen LogP contribution in [0.4, 0.5) is 8.78 Å². The predicted octanol–water partition coefficient (Wildman–Crippen LogP) is 4.16. The number of thiophene rings is 1. The summed E-state index contributed by atoms with van der Waals surface area (Å²) < 4.78 is 27.6. The summed E-state index contributed by atoms with van der Waals surface area (Å²) in [5.41, 5.74) is 0.538. The number of hydrogen-bond donors (Lipinski definition) is 1. The van der Waals surface area contributed by atoms with Gasteiger partial charge >= 0.3 is 0 Å². The minimum atomic E-state index is -0.538. The average Bonchev–Trinajstić information content (AvgIpc) is 2.77. The molecular weight excluding hydrogens is 332 g/mol. The molecule has 1 unspecified atom stereocenters. The Kier molecular flexibility index (Phi) is 5.07. The molecule has 0 aliphatic carbocycles. The maximum absolute atomic E-state index is 13.6. The van der Waals surface area contributed by atoms with Crippen LogP contribution in [0.2, 0.25) is 0 Å². The molecule has 0 saturated heterocycles. The van der Waals surface area contributed by atoms with Crippen LogP contribution in [0, 0.1) is 11.6 Å². The van der Waals surface area contributed by atoms with Gasteiger partial charge < -0.3 is 5.32 Å². The van der Waals surface area contributed by atoms with E-state index in [2.05, 4.69) is 27.3 Å². The molecule has 1 heterocycles. The van der Waals surface area contributed by atoms with Gasteiger partial charge in [-0.25, -0.2) is 8.78 Å². The molecule has 0 amide bonds. The Morgan fingerprint density at radius 1 is 1.21 bits per heavy atom. The summed E-state index contributed by atoms with van der Waals surface area (Å²) in [5.74, 6) is -1.02. The number of nitrogens with one attached hydrogen (secondary N) is 1. The summed E-state index contributed by atoms with van der Waals surface area (Å²) in [6.07, 6.45) is 1.36. The van der Waals surface area contributed by atoms with Crippen LogP contribution in [-0.4, -0.2) is 13.1 Å². The van der Waals surface area contributed by atoms with Crippen LogP contribution in [0.25, 0.3) is 0 Å². The Morgan fingerprint density at radius 3 is 2.58 bits per heavy atom. The van der Waals surface area contributed by atoms with Crippen molar-refractivity contribution in [1.29, 1.82) is 0 Å². The summed E-state index contributed by atoms with van der Waals surface area (Å²) in [6, 6.07) is 7.94. The van der Waals surface area contributed by atoms with Gasteiger partial charge in [-0.1, -0.05) is 6.07 Å².